The number of amides is 2. The minimum atomic E-state index is -4.49. The van der Waals surface area contributed by atoms with Crippen molar-refractivity contribution >= 4 is 17.5 Å². The van der Waals surface area contributed by atoms with Crippen molar-refractivity contribution in [2.24, 2.45) is 5.92 Å². The third-order valence-corrected chi connectivity index (χ3v) is 3.71. The molecule has 0 spiro atoms. The van der Waals surface area contributed by atoms with Crippen molar-refractivity contribution in [2.45, 2.75) is 25.9 Å². The highest BCUT2D eigenvalue weighted by Gasteiger charge is 2.31. The van der Waals surface area contributed by atoms with Gasteiger partial charge < -0.3 is 10.2 Å². The van der Waals surface area contributed by atoms with E-state index in [1.165, 1.54) is 17.0 Å². The monoisotopic (exact) mass is 314 g/mol. The summed E-state index contributed by atoms with van der Waals surface area (Å²) in [5.41, 5.74) is -0.914. The van der Waals surface area contributed by atoms with Crippen LogP contribution in [0.4, 0.5) is 18.9 Å². The number of carbonyl (C=O) groups is 2. The molecule has 1 N–H and O–H groups in total. The lowest BCUT2D eigenvalue weighted by atomic mass is 9.99. The first-order chi connectivity index (χ1) is 10.3. The molecule has 1 aromatic carbocycles. The Hall–Kier alpha value is -2.05. The molecule has 1 heterocycles. The van der Waals surface area contributed by atoms with Crippen molar-refractivity contribution in [2.75, 3.05) is 18.4 Å². The number of anilines is 1. The number of piperidine rings is 1. The first-order valence-electron chi connectivity index (χ1n) is 7.05. The van der Waals surface area contributed by atoms with Crippen molar-refractivity contribution in [1.29, 1.82) is 0 Å². The van der Waals surface area contributed by atoms with Crippen LogP contribution in [0.2, 0.25) is 0 Å². The van der Waals surface area contributed by atoms with Crippen LogP contribution < -0.4 is 5.32 Å². The Balaban J connectivity index is 2.01. The second kappa shape index (κ2) is 6.37. The third-order valence-electron chi connectivity index (χ3n) is 3.71. The molecule has 7 heteroatoms. The zero-order valence-electron chi connectivity index (χ0n) is 12.1. The van der Waals surface area contributed by atoms with Crippen LogP contribution >= 0.6 is 0 Å². The summed E-state index contributed by atoms with van der Waals surface area (Å²) in [4.78, 5) is 25.3. The Labute approximate surface area is 126 Å². The number of rotatable bonds is 1. The van der Waals surface area contributed by atoms with Crippen LogP contribution in [0.5, 0.6) is 0 Å². The number of halogens is 3. The van der Waals surface area contributed by atoms with E-state index < -0.39 is 23.6 Å². The molecule has 2 amide bonds. The standard InChI is InChI=1S/C15H17F3N2O2/c1-10-5-7-20(8-6-10)14(22)13(21)19-12-4-2-3-11(9-12)15(16,17)18/h2-4,9-10H,5-8H2,1H3,(H,19,21). The average Bonchev–Trinajstić information content (AvgIpc) is 2.46. The molecule has 1 fully saturated rings. The van der Waals surface area contributed by atoms with Crippen LogP contribution in [0, 0.1) is 5.92 Å². The van der Waals surface area contributed by atoms with E-state index in [0.717, 1.165) is 25.0 Å². The highest BCUT2D eigenvalue weighted by Crippen LogP contribution is 2.30. The van der Waals surface area contributed by atoms with E-state index in [-0.39, 0.29) is 5.69 Å². The van der Waals surface area contributed by atoms with Crippen molar-refractivity contribution in [3.05, 3.63) is 29.8 Å². The van der Waals surface area contributed by atoms with Gasteiger partial charge in [0.05, 0.1) is 5.56 Å². The van der Waals surface area contributed by atoms with Crippen LogP contribution in [0.15, 0.2) is 24.3 Å². The Morgan fingerprint density at radius 3 is 2.45 bits per heavy atom. The summed E-state index contributed by atoms with van der Waals surface area (Å²) in [6.07, 6.45) is -2.85. The first kappa shape index (κ1) is 16.3. The number of hydrogen-bond donors (Lipinski definition) is 1. The number of alkyl halides is 3. The maximum Gasteiger partial charge on any atom is 0.416 e. The third kappa shape index (κ3) is 3.99. The van der Waals surface area contributed by atoms with Crippen molar-refractivity contribution < 1.29 is 22.8 Å². The topological polar surface area (TPSA) is 49.4 Å². The normalized spacial score (nSPS) is 16.5. The van der Waals surface area contributed by atoms with Gasteiger partial charge in [-0.15, -0.1) is 0 Å². The number of nitrogens with zero attached hydrogens (tertiary/aromatic N) is 1. The summed E-state index contributed by atoms with van der Waals surface area (Å²) >= 11 is 0. The molecule has 1 aliphatic heterocycles. The highest BCUT2D eigenvalue weighted by atomic mass is 19.4. The van der Waals surface area contributed by atoms with E-state index >= 15 is 0 Å². The molecule has 120 valence electrons. The molecular weight excluding hydrogens is 297 g/mol. The predicted molar refractivity (Wildman–Crippen MR) is 75.1 cm³/mol. The molecule has 0 radical (unpaired) electrons. The highest BCUT2D eigenvalue weighted by molar-refractivity contribution is 6.39. The molecule has 1 aliphatic rings. The quantitative estimate of drug-likeness (QED) is 0.810. The van der Waals surface area contributed by atoms with E-state index in [0.29, 0.717) is 19.0 Å². The summed E-state index contributed by atoms with van der Waals surface area (Å²) < 4.78 is 37.8. The number of carbonyl (C=O) groups excluding carboxylic acids is 2. The zero-order chi connectivity index (χ0) is 16.3. The molecular formula is C15H17F3N2O2. The molecule has 0 aliphatic carbocycles. The zero-order valence-corrected chi connectivity index (χ0v) is 12.1. The van der Waals surface area contributed by atoms with Crippen molar-refractivity contribution in [1.82, 2.24) is 4.90 Å². The molecule has 2 rings (SSSR count). The van der Waals surface area contributed by atoms with Gasteiger partial charge in [0.2, 0.25) is 0 Å². The van der Waals surface area contributed by atoms with E-state index in [2.05, 4.69) is 12.2 Å². The van der Waals surface area contributed by atoms with Gasteiger partial charge in [0.1, 0.15) is 0 Å². The molecule has 0 aromatic heterocycles. The fourth-order valence-corrected chi connectivity index (χ4v) is 2.31. The van der Waals surface area contributed by atoms with Crippen molar-refractivity contribution in [3.8, 4) is 0 Å². The molecule has 4 nitrogen and oxygen atoms in total. The largest absolute Gasteiger partial charge is 0.416 e. The maximum atomic E-state index is 12.6. The predicted octanol–water partition coefficient (Wildman–Crippen LogP) is 2.90. The number of likely N-dealkylation sites (tertiary alicyclic amines) is 1. The first-order valence-corrected chi connectivity index (χ1v) is 7.05. The second-order valence-electron chi connectivity index (χ2n) is 5.51. The molecule has 0 atom stereocenters. The van der Waals surface area contributed by atoms with Crippen molar-refractivity contribution in [3.63, 3.8) is 0 Å². The van der Waals surface area contributed by atoms with Crippen LogP contribution in [0.1, 0.15) is 25.3 Å². The summed E-state index contributed by atoms with van der Waals surface area (Å²) in [6.45, 7) is 3.07. The Bertz CT molecular complexity index is 564. The maximum absolute atomic E-state index is 12.6. The number of benzene rings is 1. The van der Waals surface area contributed by atoms with Crippen LogP contribution in [0.25, 0.3) is 0 Å². The Morgan fingerprint density at radius 1 is 1.23 bits per heavy atom. The van der Waals surface area contributed by atoms with E-state index in [1.807, 2.05) is 0 Å². The van der Waals surface area contributed by atoms with Crippen LogP contribution in [0.3, 0.4) is 0 Å². The van der Waals surface area contributed by atoms with Gasteiger partial charge in [-0.05, 0) is 37.0 Å². The second-order valence-corrected chi connectivity index (χ2v) is 5.51. The lowest BCUT2D eigenvalue weighted by Gasteiger charge is -2.29. The van der Waals surface area contributed by atoms with Gasteiger partial charge in [0.25, 0.3) is 0 Å². The Morgan fingerprint density at radius 2 is 1.86 bits per heavy atom. The number of nitrogens with one attached hydrogen (secondary N) is 1. The van der Waals surface area contributed by atoms with Gasteiger partial charge in [-0.3, -0.25) is 9.59 Å². The van der Waals surface area contributed by atoms with E-state index in [4.69, 9.17) is 0 Å². The van der Waals surface area contributed by atoms with E-state index in [9.17, 15) is 22.8 Å². The minimum Gasteiger partial charge on any atom is -0.334 e. The molecule has 0 saturated carbocycles. The molecule has 22 heavy (non-hydrogen) atoms. The van der Waals surface area contributed by atoms with Gasteiger partial charge in [-0.25, -0.2) is 0 Å². The molecule has 0 bridgehead atoms. The summed E-state index contributed by atoms with van der Waals surface area (Å²) in [6, 6.07) is 4.22. The van der Waals surface area contributed by atoms with Gasteiger partial charge in [0, 0.05) is 18.8 Å². The van der Waals surface area contributed by atoms with E-state index in [1.54, 1.807) is 0 Å². The molecule has 1 saturated heterocycles. The molecule has 1 aromatic rings. The SMILES string of the molecule is CC1CCN(C(=O)C(=O)Nc2cccc(C(F)(F)F)c2)CC1. The minimum absolute atomic E-state index is 0.0430. The summed E-state index contributed by atoms with van der Waals surface area (Å²) in [7, 11) is 0. The fourth-order valence-electron chi connectivity index (χ4n) is 2.31. The lowest BCUT2D eigenvalue weighted by Crippen LogP contribution is -2.43. The summed E-state index contributed by atoms with van der Waals surface area (Å²) in [5.74, 6) is -1.10. The lowest BCUT2D eigenvalue weighted by molar-refractivity contribution is -0.144. The van der Waals surface area contributed by atoms with Gasteiger partial charge >= 0.3 is 18.0 Å². The number of hydrogen-bond acceptors (Lipinski definition) is 2. The smallest absolute Gasteiger partial charge is 0.334 e. The van der Waals surface area contributed by atoms with Gasteiger partial charge in [-0.1, -0.05) is 13.0 Å². The Kier molecular flexibility index (Phi) is 4.73. The van der Waals surface area contributed by atoms with Gasteiger partial charge in [-0.2, -0.15) is 13.2 Å². The average molecular weight is 314 g/mol. The molecule has 0 unspecified atom stereocenters. The van der Waals surface area contributed by atoms with Gasteiger partial charge in [0.15, 0.2) is 0 Å². The van der Waals surface area contributed by atoms with Crippen LogP contribution in [-0.4, -0.2) is 29.8 Å². The fraction of sp³-hybridized carbons (Fsp3) is 0.467. The van der Waals surface area contributed by atoms with Crippen LogP contribution in [-0.2, 0) is 15.8 Å². The summed E-state index contributed by atoms with van der Waals surface area (Å²) in [5, 5.41) is 2.23.